The summed E-state index contributed by atoms with van der Waals surface area (Å²) in [5.74, 6) is 1.21. The maximum absolute atomic E-state index is 12.4. The lowest BCUT2D eigenvalue weighted by Gasteiger charge is -2.24. The van der Waals surface area contributed by atoms with Crippen molar-refractivity contribution >= 4 is 11.6 Å². The fraction of sp³-hybridized carbons (Fsp3) is 0.867. The molecule has 0 aromatic rings. The third-order valence-electron chi connectivity index (χ3n) is 4.59. The van der Waals surface area contributed by atoms with Crippen LogP contribution >= 0.6 is 0 Å². The summed E-state index contributed by atoms with van der Waals surface area (Å²) in [6, 6.07) is 0. The van der Waals surface area contributed by atoms with Crippen molar-refractivity contribution in [3.05, 3.63) is 0 Å². The Labute approximate surface area is 105 Å². The van der Waals surface area contributed by atoms with Gasteiger partial charge in [-0.2, -0.15) is 0 Å². The average molecular weight is 238 g/mol. The molecule has 1 fully saturated rings. The van der Waals surface area contributed by atoms with Crippen molar-refractivity contribution < 1.29 is 9.59 Å². The highest BCUT2D eigenvalue weighted by molar-refractivity contribution is 5.91. The molecule has 0 amide bonds. The van der Waals surface area contributed by atoms with Gasteiger partial charge in [0.1, 0.15) is 11.6 Å². The van der Waals surface area contributed by atoms with Crippen molar-refractivity contribution in [1.29, 1.82) is 0 Å². The number of Topliss-reactive ketones (excluding diaryl/α,β-unsaturated/α-hetero) is 2. The van der Waals surface area contributed by atoms with Gasteiger partial charge < -0.3 is 0 Å². The van der Waals surface area contributed by atoms with Crippen LogP contribution in [0.4, 0.5) is 0 Å². The van der Waals surface area contributed by atoms with E-state index in [-0.39, 0.29) is 23.5 Å². The van der Waals surface area contributed by atoms with Crippen LogP contribution in [0.5, 0.6) is 0 Å². The van der Waals surface area contributed by atoms with Crippen molar-refractivity contribution in [2.45, 2.75) is 59.8 Å². The molecule has 0 radical (unpaired) electrons. The van der Waals surface area contributed by atoms with Crippen molar-refractivity contribution in [2.24, 2.45) is 23.7 Å². The maximum atomic E-state index is 12.4. The molecule has 0 aliphatic heterocycles. The first-order valence-corrected chi connectivity index (χ1v) is 7.09. The SMILES string of the molecule is CCC(=O)C1CCCC1C(=O)C(C)C(C)CC. The minimum Gasteiger partial charge on any atom is -0.299 e. The summed E-state index contributed by atoms with van der Waals surface area (Å²) >= 11 is 0. The van der Waals surface area contributed by atoms with Gasteiger partial charge in [0.15, 0.2) is 0 Å². The van der Waals surface area contributed by atoms with E-state index in [0.29, 0.717) is 18.1 Å². The number of hydrogen-bond acceptors (Lipinski definition) is 2. The van der Waals surface area contributed by atoms with Gasteiger partial charge in [-0.05, 0) is 18.8 Å². The molecule has 0 bridgehead atoms. The second kappa shape index (κ2) is 6.32. The van der Waals surface area contributed by atoms with E-state index < -0.39 is 0 Å². The largest absolute Gasteiger partial charge is 0.299 e. The Morgan fingerprint density at radius 2 is 1.71 bits per heavy atom. The summed E-state index contributed by atoms with van der Waals surface area (Å²) in [5.41, 5.74) is 0. The first-order chi connectivity index (χ1) is 8.02. The van der Waals surface area contributed by atoms with E-state index in [2.05, 4.69) is 13.8 Å². The van der Waals surface area contributed by atoms with Crippen molar-refractivity contribution in [1.82, 2.24) is 0 Å². The minimum absolute atomic E-state index is 0.0199. The fourth-order valence-electron chi connectivity index (χ4n) is 2.92. The minimum atomic E-state index is 0.0199. The second-order valence-corrected chi connectivity index (χ2v) is 5.54. The number of carbonyl (C=O) groups excluding carboxylic acids is 2. The van der Waals surface area contributed by atoms with E-state index in [1.165, 1.54) is 0 Å². The number of ketones is 2. The molecule has 1 aliphatic rings. The first-order valence-electron chi connectivity index (χ1n) is 7.09. The van der Waals surface area contributed by atoms with Crippen LogP contribution < -0.4 is 0 Å². The lowest BCUT2D eigenvalue weighted by atomic mass is 9.78. The van der Waals surface area contributed by atoms with Gasteiger partial charge in [0, 0.05) is 24.2 Å². The number of hydrogen-bond donors (Lipinski definition) is 0. The Bertz CT molecular complexity index is 283. The fourth-order valence-corrected chi connectivity index (χ4v) is 2.92. The van der Waals surface area contributed by atoms with Crippen molar-refractivity contribution in [3.63, 3.8) is 0 Å². The average Bonchev–Trinajstić information content (AvgIpc) is 2.83. The molecule has 0 saturated heterocycles. The molecule has 98 valence electrons. The topological polar surface area (TPSA) is 34.1 Å². The zero-order valence-electron chi connectivity index (χ0n) is 11.7. The van der Waals surface area contributed by atoms with E-state index in [1.54, 1.807) is 0 Å². The van der Waals surface area contributed by atoms with E-state index in [0.717, 1.165) is 25.7 Å². The quantitative estimate of drug-likeness (QED) is 0.708. The van der Waals surface area contributed by atoms with E-state index in [4.69, 9.17) is 0 Å². The Morgan fingerprint density at radius 1 is 1.12 bits per heavy atom. The highest BCUT2D eigenvalue weighted by atomic mass is 16.1. The maximum Gasteiger partial charge on any atom is 0.139 e. The predicted octanol–water partition coefficient (Wildman–Crippen LogP) is 3.63. The van der Waals surface area contributed by atoms with Crippen LogP contribution in [0, 0.1) is 23.7 Å². The third kappa shape index (κ3) is 3.17. The standard InChI is InChI=1S/C15H26O2/c1-5-10(3)11(4)15(17)13-9-7-8-12(13)14(16)6-2/h10-13H,5-9H2,1-4H3. The zero-order chi connectivity index (χ0) is 13.0. The summed E-state index contributed by atoms with van der Waals surface area (Å²) in [6.45, 7) is 8.19. The van der Waals surface area contributed by atoms with Gasteiger partial charge in [-0.1, -0.05) is 40.5 Å². The van der Waals surface area contributed by atoms with Gasteiger partial charge in [0.05, 0.1) is 0 Å². The van der Waals surface area contributed by atoms with Gasteiger partial charge in [0.2, 0.25) is 0 Å². The summed E-state index contributed by atoms with van der Waals surface area (Å²) < 4.78 is 0. The molecule has 1 rings (SSSR count). The predicted molar refractivity (Wildman–Crippen MR) is 69.8 cm³/mol. The smallest absolute Gasteiger partial charge is 0.139 e. The van der Waals surface area contributed by atoms with Gasteiger partial charge in [-0.15, -0.1) is 0 Å². The molecule has 4 unspecified atom stereocenters. The molecule has 1 aliphatic carbocycles. The summed E-state index contributed by atoms with van der Waals surface area (Å²) in [6.07, 6.45) is 4.50. The van der Waals surface area contributed by atoms with E-state index in [1.807, 2.05) is 13.8 Å². The Kier molecular flexibility index (Phi) is 5.35. The Morgan fingerprint density at radius 3 is 2.24 bits per heavy atom. The first kappa shape index (κ1) is 14.4. The van der Waals surface area contributed by atoms with Gasteiger partial charge >= 0.3 is 0 Å². The Hall–Kier alpha value is -0.660. The molecule has 2 nitrogen and oxygen atoms in total. The van der Waals surface area contributed by atoms with Crippen LogP contribution in [0.2, 0.25) is 0 Å². The molecule has 0 aromatic heterocycles. The van der Waals surface area contributed by atoms with Gasteiger partial charge in [0.25, 0.3) is 0 Å². The molecule has 1 saturated carbocycles. The lowest BCUT2D eigenvalue weighted by molar-refractivity contribution is -0.134. The zero-order valence-corrected chi connectivity index (χ0v) is 11.7. The summed E-state index contributed by atoms with van der Waals surface area (Å²) in [4.78, 5) is 24.3. The Balaban J connectivity index is 2.71. The third-order valence-corrected chi connectivity index (χ3v) is 4.59. The van der Waals surface area contributed by atoms with Crippen LogP contribution in [-0.2, 0) is 9.59 Å². The van der Waals surface area contributed by atoms with Gasteiger partial charge in [-0.3, -0.25) is 9.59 Å². The molecule has 17 heavy (non-hydrogen) atoms. The second-order valence-electron chi connectivity index (χ2n) is 5.54. The molecular formula is C15H26O2. The van der Waals surface area contributed by atoms with Crippen molar-refractivity contribution in [2.75, 3.05) is 0 Å². The molecule has 0 N–H and O–H groups in total. The van der Waals surface area contributed by atoms with Gasteiger partial charge in [-0.25, -0.2) is 0 Å². The number of carbonyl (C=O) groups is 2. The normalized spacial score (nSPS) is 27.8. The monoisotopic (exact) mass is 238 g/mol. The van der Waals surface area contributed by atoms with E-state index in [9.17, 15) is 9.59 Å². The van der Waals surface area contributed by atoms with Crippen LogP contribution in [0.1, 0.15) is 59.8 Å². The van der Waals surface area contributed by atoms with Crippen LogP contribution in [-0.4, -0.2) is 11.6 Å². The lowest BCUT2D eigenvalue weighted by Crippen LogP contribution is -2.31. The van der Waals surface area contributed by atoms with Crippen LogP contribution in [0.3, 0.4) is 0 Å². The highest BCUT2D eigenvalue weighted by Gasteiger charge is 2.38. The van der Waals surface area contributed by atoms with E-state index >= 15 is 0 Å². The molecule has 2 heteroatoms. The molecule has 0 heterocycles. The van der Waals surface area contributed by atoms with Crippen LogP contribution in [0.15, 0.2) is 0 Å². The molecular weight excluding hydrogens is 212 g/mol. The van der Waals surface area contributed by atoms with Crippen LogP contribution in [0.25, 0.3) is 0 Å². The highest BCUT2D eigenvalue weighted by Crippen LogP contribution is 2.36. The molecule has 0 aromatic carbocycles. The summed E-state index contributed by atoms with van der Waals surface area (Å²) in [7, 11) is 0. The molecule has 4 atom stereocenters. The molecule has 0 spiro atoms. The van der Waals surface area contributed by atoms with Crippen molar-refractivity contribution in [3.8, 4) is 0 Å². The number of rotatable bonds is 6. The summed E-state index contributed by atoms with van der Waals surface area (Å²) in [5, 5.41) is 0.